The molecule has 56 heavy (non-hydrogen) atoms. The standard InChI is InChI=1S/C44H38N4O6S2/c1-51-39-17-35-37(45-21-33-15-29(31-8-12-55-25-31)6-10-47(33)43(35)49)19-41(39)53-23-27-4-3-5-28(14-27)24-54-42-20-38-36(18-40(42)52-2)44(50)48-11-7-30(16-34(48)22-46-38)32-9-13-56-26-32/h3-9,12-14,17-22,25-26,33-34H,10-11,15-16,23-24H2,1-2H3/t33-,34-/m0/s1. The van der Waals surface area contributed by atoms with Gasteiger partial charge in [-0.15, -0.1) is 0 Å². The summed E-state index contributed by atoms with van der Waals surface area (Å²) < 4.78 is 24.0. The molecule has 0 radical (unpaired) electrons. The largest absolute Gasteiger partial charge is 0.493 e. The van der Waals surface area contributed by atoms with E-state index in [1.807, 2.05) is 46.5 Å². The van der Waals surface area contributed by atoms with Gasteiger partial charge in [-0.1, -0.05) is 30.4 Å². The van der Waals surface area contributed by atoms with E-state index in [9.17, 15) is 9.59 Å². The molecule has 0 spiro atoms. The predicted molar refractivity (Wildman–Crippen MR) is 221 cm³/mol. The van der Waals surface area contributed by atoms with Gasteiger partial charge in [0, 0.05) is 37.7 Å². The third-order valence-electron chi connectivity index (χ3n) is 10.6. The lowest BCUT2D eigenvalue weighted by atomic mass is 9.96. The molecule has 12 heteroatoms. The van der Waals surface area contributed by atoms with Crippen molar-refractivity contribution in [2.24, 2.45) is 9.98 Å². The van der Waals surface area contributed by atoms with Gasteiger partial charge in [-0.2, -0.15) is 22.7 Å². The van der Waals surface area contributed by atoms with Crippen molar-refractivity contribution in [3.05, 3.63) is 128 Å². The molecule has 0 bridgehead atoms. The minimum Gasteiger partial charge on any atom is -0.493 e. The number of benzene rings is 3. The molecule has 6 heterocycles. The van der Waals surface area contributed by atoms with Gasteiger partial charge in [0.1, 0.15) is 13.2 Å². The maximum Gasteiger partial charge on any atom is 0.257 e. The fourth-order valence-corrected chi connectivity index (χ4v) is 8.96. The fraction of sp³-hybridized carbons (Fsp3) is 0.227. The molecule has 5 aromatic rings. The lowest BCUT2D eigenvalue weighted by molar-refractivity contribution is 0.0740. The monoisotopic (exact) mass is 782 g/mol. The molecule has 9 rings (SSSR count). The molecule has 0 saturated carbocycles. The number of ether oxygens (including phenoxy) is 4. The van der Waals surface area contributed by atoms with Gasteiger partial charge in [0.2, 0.25) is 0 Å². The maximum atomic E-state index is 13.7. The normalized spacial score (nSPS) is 18.5. The summed E-state index contributed by atoms with van der Waals surface area (Å²) in [6.07, 6.45) is 9.43. The first kappa shape index (κ1) is 35.7. The van der Waals surface area contributed by atoms with E-state index >= 15 is 0 Å². The first-order valence-electron chi connectivity index (χ1n) is 18.4. The van der Waals surface area contributed by atoms with Crippen molar-refractivity contribution in [3.8, 4) is 23.0 Å². The molecule has 3 aromatic carbocycles. The van der Waals surface area contributed by atoms with Gasteiger partial charge >= 0.3 is 0 Å². The van der Waals surface area contributed by atoms with Crippen molar-refractivity contribution < 1.29 is 28.5 Å². The molecule has 0 N–H and O–H groups in total. The third kappa shape index (κ3) is 6.90. The average Bonchev–Trinajstić information content (AvgIpc) is 3.95. The second kappa shape index (κ2) is 15.3. The lowest BCUT2D eigenvalue weighted by Gasteiger charge is -2.32. The second-order valence-corrected chi connectivity index (χ2v) is 15.5. The Morgan fingerprint density at radius 2 is 1.12 bits per heavy atom. The van der Waals surface area contributed by atoms with Crippen LogP contribution in [-0.2, 0) is 13.2 Å². The zero-order chi connectivity index (χ0) is 38.2. The Bertz CT molecular complexity index is 2270. The summed E-state index contributed by atoms with van der Waals surface area (Å²) in [5.41, 5.74) is 8.77. The molecule has 2 atom stereocenters. The minimum absolute atomic E-state index is 0.0818. The van der Waals surface area contributed by atoms with Crippen LogP contribution in [0.15, 0.2) is 104 Å². The number of nitrogens with zero attached hydrogens (tertiary/aromatic N) is 4. The molecule has 2 amide bonds. The molecule has 2 aromatic heterocycles. The van der Waals surface area contributed by atoms with Crippen LogP contribution in [0.3, 0.4) is 0 Å². The molecule has 4 aliphatic rings. The van der Waals surface area contributed by atoms with Crippen LogP contribution in [0.2, 0.25) is 0 Å². The molecule has 0 fully saturated rings. The van der Waals surface area contributed by atoms with Crippen LogP contribution in [0.5, 0.6) is 23.0 Å². The number of hydrogen-bond acceptors (Lipinski definition) is 10. The number of aliphatic imine (C=N–C) groups is 2. The first-order chi connectivity index (χ1) is 27.4. The van der Waals surface area contributed by atoms with Gasteiger partial charge in [0.25, 0.3) is 11.8 Å². The molecule has 282 valence electrons. The van der Waals surface area contributed by atoms with Crippen LogP contribution in [-0.4, -0.2) is 73.4 Å². The highest BCUT2D eigenvalue weighted by Gasteiger charge is 2.34. The summed E-state index contributed by atoms with van der Waals surface area (Å²) in [5, 5.41) is 8.41. The number of methoxy groups -OCH3 is 2. The Kier molecular flexibility index (Phi) is 9.74. The van der Waals surface area contributed by atoms with Gasteiger partial charge in [-0.3, -0.25) is 19.6 Å². The predicted octanol–water partition coefficient (Wildman–Crippen LogP) is 9.01. The van der Waals surface area contributed by atoms with Crippen LogP contribution in [0.25, 0.3) is 11.1 Å². The summed E-state index contributed by atoms with van der Waals surface area (Å²) in [4.78, 5) is 40.7. The van der Waals surface area contributed by atoms with E-state index in [0.29, 0.717) is 71.4 Å². The van der Waals surface area contributed by atoms with Crippen LogP contribution >= 0.6 is 22.7 Å². The Hall–Kier alpha value is -5.98. The zero-order valence-electron chi connectivity index (χ0n) is 30.8. The summed E-state index contributed by atoms with van der Waals surface area (Å²) >= 11 is 3.33. The average molecular weight is 783 g/mol. The van der Waals surface area contributed by atoms with Gasteiger partial charge in [0.05, 0.1) is 48.8 Å². The highest BCUT2D eigenvalue weighted by atomic mass is 32.1. The van der Waals surface area contributed by atoms with E-state index in [1.54, 1.807) is 61.2 Å². The van der Waals surface area contributed by atoms with Crippen LogP contribution in [0, 0.1) is 0 Å². The third-order valence-corrected chi connectivity index (χ3v) is 12.0. The van der Waals surface area contributed by atoms with E-state index in [2.05, 4.69) is 45.8 Å². The summed E-state index contributed by atoms with van der Waals surface area (Å²) in [6.45, 7) is 1.54. The number of carbonyl (C=O) groups excluding carboxylic acids is 2. The van der Waals surface area contributed by atoms with E-state index in [0.717, 1.165) is 11.1 Å². The van der Waals surface area contributed by atoms with Crippen LogP contribution < -0.4 is 18.9 Å². The Morgan fingerprint density at radius 1 is 0.643 bits per heavy atom. The van der Waals surface area contributed by atoms with Crippen molar-refractivity contribution in [1.82, 2.24) is 9.80 Å². The quantitative estimate of drug-likeness (QED) is 0.140. The highest BCUT2D eigenvalue weighted by Crippen LogP contribution is 2.41. The number of hydrogen-bond donors (Lipinski definition) is 0. The molecule has 0 aliphatic carbocycles. The van der Waals surface area contributed by atoms with Crippen molar-refractivity contribution in [2.75, 3.05) is 27.3 Å². The molecule has 10 nitrogen and oxygen atoms in total. The summed E-state index contributed by atoms with van der Waals surface area (Å²) in [7, 11) is 3.14. The SMILES string of the molecule is COc1cc2c(cc1OCc1cccc(COc3cc4c(cc3OC)C(=O)N3CC=C(c5ccsc5)C[C@H]3C=N4)c1)N=C[C@@H]1CC(c3ccsc3)=CCN1C2=O. The lowest BCUT2D eigenvalue weighted by Crippen LogP contribution is -2.43. The van der Waals surface area contributed by atoms with Gasteiger partial charge in [-0.25, -0.2) is 0 Å². The van der Waals surface area contributed by atoms with E-state index in [-0.39, 0.29) is 37.1 Å². The maximum absolute atomic E-state index is 13.7. The topological polar surface area (TPSA) is 102 Å². The van der Waals surface area contributed by atoms with Crippen molar-refractivity contribution >= 4 is 69.4 Å². The number of rotatable bonds is 10. The Balaban J connectivity index is 0.880. The zero-order valence-corrected chi connectivity index (χ0v) is 32.5. The molecule has 0 saturated heterocycles. The molecular weight excluding hydrogens is 745 g/mol. The Morgan fingerprint density at radius 3 is 1.55 bits per heavy atom. The van der Waals surface area contributed by atoms with E-state index < -0.39 is 0 Å². The molecule has 4 aliphatic heterocycles. The fourth-order valence-electron chi connectivity index (χ4n) is 7.60. The summed E-state index contributed by atoms with van der Waals surface area (Å²) in [6, 6.07) is 18.9. The second-order valence-electron chi connectivity index (χ2n) is 13.9. The minimum atomic E-state index is -0.138. The number of thiophene rings is 2. The number of carbonyl (C=O) groups is 2. The van der Waals surface area contributed by atoms with Crippen molar-refractivity contribution in [3.63, 3.8) is 0 Å². The smallest absolute Gasteiger partial charge is 0.257 e. The molecular formula is C44H38N4O6S2. The van der Waals surface area contributed by atoms with Crippen LogP contribution in [0.4, 0.5) is 11.4 Å². The summed E-state index contributed by atoms with van der Waals surface area (Å²) in [5.74, 6) is 1.75. The van der Waals surface area contributed by atoms with Gasteiger partial charge in [0.15, 0.2) is 23.0 Å². The van der Waals surface area contributed by atoms with Gasteiger partial charge < -0.3 is 28.7 Å². The Labute approximate surface area is 332 Å². The van der Waals surface area contributed by atoms with E-state index in [1.165, 1.54) is 22.3 Å². The first-order valence-corrected chi connectivity index (χ1v) is 20.3. The van der Waals surface area contributed by atoms with E-state index in [4.69, 9.17) is 28.9 Å². The van der Waals surface area contributed by atoms with Crippen LogP contribution in [0.1, 0.15) is 55.8 Å². The molecule has 0 unspecified atom stereocenters. The highest BCUT2D eigenvalue weighted by molar-refractivity contribution is 7.08. The van der Waals surface area contributed by atoms with Crippen molar-refractivity contribution in [1.29, 1.82) is 0 Å². The number of amides is 2. The number of fused-ring (bicyclic) bond motifs is 4. The van der Waals surface area contributed by atoms with Gasteiger partial charge in [-0.05, 0) is 98.1 Å². The van der Waals surface area contributed by atoms with Crippen molar-refractivity contribution in [2.45, 2.75) is 38.1 Å².